The van der Waals surface area contributed by atoms with Gasteiger partial charge >= 0.3 is 0 Å². The first-order valence-corrected chi connectivity index (χ1v) is 20.0. The minimum Gasteiger partial charge on any atom is -0.310 e. The fourth-order valence-corrected chi connectivity index (χ4v) is 9.80. The minimum absolute atomic E-state index is 1.11. The van der Waals surface area contributed by atoms with E-state index < -0.39 is 0 Å². The molecule has 2 heteroatoms. The summed E-state index contributed by atoms with van der Waals surface area (Å²) in [5.74, 6) is 0. The Bertz CT molecular complexity index is 3230. The van der Waals surface area contributed by atoms with Crippen molar-refractivity contribution in [2.24, 2.45) is 0 Å². The monoisotopic (exact) mass is 729 g/mol. The Balaban J connectivity index is 1.05. The van der Waals surface area contributed by atoms with E-state index in [1.54, 1.807) is 0 Å². The second-order valence-electron chi connectivity index (χ2n) is 14.5. The van der Waals surface area contributed by atoms with Gasteiger partial charge in [-0.15, -0.1) is 11.3 Å². The smallest absolute Gasteiger partial charge is 0.0540 e. The molecule has 0 aliphatic heterocycles. The Morgan fingerprint density at radius 2 is 0.875 bits per heavy atom. The fourth-order valence-electron chi connectivity index (χ4n) is 8.53. The van der Waals surface area contributed by atoms with Crippen molar-refractivity contribution < 1.29 is 0 Å². The van der Waals surface area contributed by atoms with Gasteiger partial charge in [-0.05, 0) is 96.5 Å². The second kappa shape index (κ2) is 13.4. The topological polar surface area (TPSA) is 3.24 Å². The molecular weight excluding hydrogens is 695 g/mol. The lowest BCUT2D eigenvalue weighted by molar-refractivity contribution is 1.29. The van der Waals surface area contributed by atoms with E-state index in [-0.39, 0.29) is 0 Å². The van der Waals surface area contributed by atoms with Crippen molar-refractivity contribution >= 4 is 80.9 Å². The van der Waals surface area contributed by atoms with Gasteiger partial charge in [0.15, 0.2) is 0 Å². The molecule has 10 aromatic carbocycles. The Morgan fingerprint density at radius 1 is 0.304 bits per heavy atom. The van der Waals surface area contributed by atoms with Gasteiger partial charge in [-0.3, -0.25) is 0 Å². The Labute approximate surface area is 330 Å². The number of anilines is 3. The number of hydrogen-bond acceptors (Lipinski definition) is 2. The van der Waals surface area contributed by atoms with Crippen LogP contribution in [0.4, 0.5) is 17.1 Å². The number of thiophene rings is 1. The lowest BCUT2D eigenvalue weighted by Gasteiger charge is -2.28. The van der Waals surface area contributed by atoms with Gasteiger partial charge in [0, 0.05) is 37.1 Å². The number of para-hydroxylation sites is 1. The maximum absolute atomic E-state index is 2.43. The average Bonchev–Trinajstić information content (AvgIpc) is 3.66. The molecular formula is C54H35NS. The first-order valence-electron chi connectivity index (χ1n) is 19.2. The summed E-state index contributed by atoms with van der Waals surface area (Å²) in [7, 11) is 0. The van der Waals surface area contributed by atoms with Crippen molar-refractivity contribution in [3.63, 3.8) is 0 Å². The summed E-state index contributed by atoms with van der Waals surface area (Å²) in [4.78, 5) is 2.43. The summed E-state index contributed by atoms with van der Waals surface area (Å²) in [5, 5.41) is 10.3. The summed E-state index contributed by atoms with van der Waals surface area (Å²) < 4.78 is 2.62. The number of rotatable bonds is 6. The third-order valence-electron chi connectivity index (χ3n) is 11.3. The van der Waals surface area contributed by atoms with Crippen molar-refractivity contribution in [3.05, 3.63) is 212 Å². The first-order chi connectivity index (χ1) is 27.8. The maximum Gasteiger partial charge on any atom is 0.0540 e. The van der Waals surface area contributed by atoms with E-state index in [4.69, 9.17) is 0 Å². The van der Waals surface area contributed by atoms with E-state index in [2.05, 4.69) is 217 Å². The third kappa shape index (κ3) is 5.46. The predicted molar refractivity (Wildman–Crippen MR) is 243 cm³/mol. The van der Waals surface area contributed by atoms with Gasteiger partial charge in [0.2, 0.25) is 0 Å². The summed E-state index contributed by atoms with van der Waals surface area (Å²) in [5.41, 5.74) is 10.6. The molecule has 0 atom stereocenters. The molecule has 0 aliphatic rings. The summed E-state index contributed by atoms with van der Waals surface area (Å²) in [6.45, 7) is 0. The van der Waals surface area contributed by atoms with Crippen molar-refractivity contribution in [1.29, 1.82) is 0 Å². The highest BCUT2D eigenvalue weighted by Gasteiger charge is 2.19. The summed E-state index contributed by atoms with van der Waals surface area (Å²) in [6, 6.07) is 77.6. The lowest BCUT2D eigenvalue weighted by atomic mass is 9.92. The highest BCUT2D eigenvalue weighted by Crippen LogP contribution is 2.45. The van der Waals surface area contributed by atoms with Crippen molar-refractivity contribution in [3.8, 4) is 33.4 Å². The van der Waals surface area contributed by atoms with Crippen LogP contribution in [0.1, 0.15) is 0 Å². The second-order valence-corrected chi connectivity index (χ2v) is 15.5. The maximum atomic E-state index is 2.43. The molecule has 0 saturated heterocycles. The van der Waals surface area contributed by atoms with Crippen LogP contribution < -0.4 is 4.90 Å². The minimum atomic E-state index is 1.11. The van der Waals surface area contributed by atoms with Gasteiger partial charge in [0.25, 0.3) is 0 Å². The molecule has 0 saturated carbocycles. The molecule has 11 aromatic rings. The molecule has 1 aromatic heterocycles. The zero-order chi connectivity index (χ0) is 37.0. The first kappa shape index (κ1) is 32.4. The number of fused-ring (bicyclic) bond motifs is 8. The average molecular weight is 730 g/mol. The van der Waals surface area contributed by atoms with Crippen LogP contribution in [0.5, 0.6) is 0 Å². The molecule has 0 amide bonds. The Morgan fingerprint density at radius 3 is 1.68 bits per heavy atom. The van der Waals surface area contributed by atoms with Gasteiger partial charge in [0.05, 0.1) is 5.69 Å². The normalized spacial score (nSPS) is 11.6. The van der Waals surface area contributed by atoms with E-state index in [0.717, 1.165) is 17.1 Å². The molecule has 0 N–H and O–H groups in total. The van der Waals surface area contributed by atoms with Crippen LogP contribution in [0.15, 0.2) is 212 Å². The van der Waals surface area contributed by atoms with Crippen LogP contribution in [-0.4, -0.2) is 0 Å². The Kier molecular flexibility index (Phi) is 7.75. The van der Waals surface area contributed by atoms with E-state index >= 15 is 0 Å². The molecule has 56 heavy (non-hydrogen) atoms. The van der Waals surface area contributed by atoms with E-state index in [1.807, 2.05) is 11.3 Å². The largest absolute Gasteiger partial charge is 0.310 e. The lowest BCUT2D eigenvalue weighted by Crippen LogP contribution is -2.11. The van der Waals surface area contributed by atoms with Crippen LogP contribution in [-0.2, 0) is 0 Å². The van der Waals surface area contributed by atoms with Crippen LogP contribution in [0.25, 0.3) is 85.9 Å². The summed E-state index contributed by atoms with van der Waals surface area (Å²) >= 11 is 1.89. The van der Waals surface area contributed by atoms with Crippen LogP contribution in [0, 0.1) is 0 Å². The highest BCUT2D eigenvalue weighted by molar-refractivity contribution is 7.26. The molecule has 1 heterocycles. The zero-order valence-corrected chi connectivity index (χ0v) is 31.4. The predicted octanol–water partition coefficient (Wildman–Crippen LogP) is 16.0. The van der Waals surface area contributed by atoms with Gasteiger partial charge in [-0.1, -0.05) is 176 Å². The molecule has 262 valence electrons. The zero-order valence-electron chi connectivity index (χ0n) is 30.6. The van der Waals surface area contributed by atoms with Crippen molar-refractivity contribution in [2.75, 3.05) is 4.90 Å². The van der Waals surface area contributed by atoms with Crippen LogP contribution in [0.2, 0.25) is 0 Å². The number of nitrogens with zero attached hydrogens (tertiary/aromatic N) is 1. The van der Waals surface area contributed by atoms with Gasteiger partial charge in [-0.2, -0.15) is 0 Å². The van der Waals surface area contributed by atoms with E-state index in [1.165, 1.54) is 85.9 Å². The molecule has 0 spiro atoms. The third-order valence-corrected chi connectivity index (χ3v) is 12.5. The molecule has 0 radical (unpaired) electrons. The van der Waals surface area contributed by atoms with E-state index in [0.29, 0.717) is 0 Å². The van der Waals surface area contributed by atoms with Gasteiger partial charge in [0.1, 0.15) is 0 Å². The molecule has 0 fully saturated rings. The van der Waals surface area contributed by atoms with Gasteiger partial charge in [-0.25, -0.2) is 0 Å². The SMILES string of the molecule is c1ccc(-c2ccc(N(c3ccc4c(c3)sc3c5ccccc5ccc43)c3ccccc3-c3ccc(-c4cc5ccccc5c5ccccc45)cc3)cc2)cc1. The molecule has 0 bridgehead atoms. The molecule has 11 rings (SSSR count). The summed E-state index contributed by atoms with van der Waals surface area (Å²) in [6.07, 6.45) is 0. The number of benzene rings is 10. The Hall–Kier alpha value is -7.00. The van der Waals surface area contributed by atoms with Crippen molar-refractivity contribution in [1.82, 2.24) is 0 Å². The van der Waals surface area contributed by atoms with Crippen molar-refractivity contribution in [2.45, 2.75) is 0 Å². The van der Waals surface area contributed by atoms with Crippen LogP contribution >= 0.6 is 11.3 Å². The fraction of sp³-hybridized carbons (Fsp3) is 0. The standard InChI is InChI=1S/C54H35NS/c1-2-12-36(13-3-1)37-26-29-42(30-27-37)55(43-31-33-49-50-32-28-38-14-4-7-18-46(38)54(50)56-53(49)35-43)52-21-11-10-17-45(52)39-22-24-40(25-23-39)51-34-41-15-5-6-16-44(41)47-19-8-9-20-48(47)51/h1-35H. The molecule has 0 unspecified atom stereocenters. The van der Waals surface area contributed by atoms with Crippen LogP contribution in [0.3, 0.4) is 0 Å². The molecule has 0 aliphatic carbocycles. The number of hydrogen-bond donors (Lipinski definition) is 0. The quantitative estimate of drug-likeness (QED) is 0.154. The van der Waals surface area contributed by atoms with E-state index in [9.17, 15) is 0 Å². The van der Waals surface area contributed by atoms with Gasteiger partial charge < -0.3 is 4.90 Å². The highest BCUT2D eigenvalue weighted by atomic mass is 32.1. The molecule has 1 nitrogen and oxygen atoms in total.